The molecule has 3 rings (SSSR count). The fourth-order valence-electron chi connectivity index (χ4n) is 2.26. The van der Waals surface area contributed by atoms with E-state index in [4.69, 9.17) is 16.6 Å². The summed E-state index contributed by atoms with van der Waals surface area (Å²) in [6.45, 7) is 2.90. The monoisotopic (exact) mass is 322 g/mol. The number of thiophene rings is 1. The van der Waals surface area contributed by atoms with E-state index in [0.29, 0.717) is 5.92 Å². The third kappa shape index (κ3) is 3.47. The van der Waals surface area contributed by atoms with Crippen LogP contribution in [-0.2, 0) is 6.42 Å². The Balaban J connectivity index is 1.70. The Hall–Kier alpha value is -1.33. The highest BCUT2D eigenvalue weighted by atomic mass is 35.5. The molecule has 2 N–H and O–H groups in total. The van der Waals surface area contributed by atoms with E-state index >= 15 is 0 Å². The molecule has 1 aliphatic carbocycles. The molecule has 6 heteroatoms. The lowest BCUT2D eigenvalue weighted by molar-refractivity contribution is 0.909. The summed E-state index contributed by atoms with van der Waals surface area (Å²) in [5.74, 6) is 3.38. The van der Waals surface area contributed by atoms with Crippen molar-refractivity contribution >= 4 is 34.6 Å². The first kappa shape index (κ1) is 14.6. The van der Waals surface area contributed by atoms with Crippen LogP contribution in [0.3, 0.4) is 0 Å². The molecule has 21 heavy (non-hydrogen) atoms. The second kappa shape index (κ2) is 6.20. The number of halogens is 1. The molecule has 1 aliphatic rings. The van der Waals surface area contributed by atoms with Crippen molar-refractivity contribution < 1.29 is 0 Å². The Kier molecular flexibility index (Phi) is 4.31. The zero-order valence-electron chi connectivity index (χ0n) is 12.2. The van der Waals surface area contributed by atoms with E-state index in [1.165, 1.54) is 17.7 Å². The largest absolute Gasteiger partial charge is 0.373 e. The van der Waals surface area contributed by atoms with Crippen LogP contribution in [-0.4, -0.2) is 23.6 Å². The average Bonchev–Trinajstić information content (AvgIpc) is 3.24. The Labute approximate surface area is 134 Å². The lowest BCUT2D eigenvalue weighted by Gasteiger charge is -2.13. The fourth-order valence-corrected chi connectivity index (χ4v) is 3.35. The molecule has 0 amide bonds. The van der Waals surface area contributed by atoms with Crippen LogP contribution in [0, 0.1) is 6.92 Å². The number of rotatable bonds is 6. The normalized spacial score (nSPS) is 14.2. The molecule has 0 saturated heterocycles. The van der Waals surface area contributed by atoms with Crippen molar-refractivity contribution in [3.05, 3.63) is 32.7 Å². The van der Waals surface area contributed by atoms with E-state index in [2.05, 4.69) is 21.7 Å². The molecule has 1 fully saturated rings. The summed E-state index contributed by atoms with van der Waals surface area (Å²) in [7, 11) is 1.91. The molecule has 0 unspecified atom stereocenters. The fraction of sp³-hybridized carbons (Fsp3) is 0.467. The van der Waals surface area contributed by atoms with Gasteiger partial charge in [0, 0.05) is 30.0 Å². The summed E-state index contributed by atoms with van der Waals surface area (Å²) in [5.41, 5.74) is 1.08. The SMILES string of the molecule is CNc1nc(C2CC2)nc(NCCc2ccc(Cl)s2)c1C. The van der Waals surface area contributed by atoms with Crippen LogP contribution >= 0.6 is 22.9 Å². The van der Waals surface area contributed by atoms with Crippen LogP contribution < -0.4 is 10.6 Å². The standard InChI is InChI=1S/C15H19ClN4S/c1-9-13(17-2)19-15(10-3-4-10)20-14(9)18-8-7-11-5-6-12(16)21-11/h5-6,10H,3-4,7-8H2,1-2H3,(H2,17,18,19,20). The molecule has 112 valence electrons. The summed E-state index contributed by atoms with van der Waals surface area (Å²) in [4.78, 5) is 10.6. The zero-order valence-corrected chi connectivity index (χ0v) is 13.8. The Morgan fingerprint density at radius 2 is 2.05 bits per heavy atom. The molecule has 0 radical (unpaired) electrons. The maximum atomic E-state index is 5.95. The number of aromatic nitrogens is 2. The maximum absolute atomic E-state index is 5.95. The van der Waals surface area contributed by atoms with Gasteiger partial charge in [0.1, 0.15) is 17.5 Å². The van der Waals surface area contributed by atoms with Crippen molar-refractivity contribution in [1.29, 1.82) is 0 Å². The summed E-state index contributed by atoms with van der Waals surface area (Å²) >= 11 is 7.59. The van der Waals surface area contributed by atoms with Crippen LogP contribution in [0.4, 0.5) is 11.6 Å². The minimum absolute atomic E-state index is 0.550. The predicted octanol–water partition coefficient (Wildman–Crippen LogP) is 4.07. The van der Waals surface area contributed by atoms with Crippen molar-refractivity contribution in [2.24, 2.45) is 0 Å². The van der Waals surface area contributed by atoms with Gasteiger partial charge in [0.15, 0.2) is 0 Å². The van der Waals surface area contributed by atoms with E-state index in [1.54, 1.807) is 11.3 Å². The number of anilines is 2. The first-order valence-corrected chi connectivity index (χ1v) is 8.41. The van der Waals surface area contributed by atoms with Crippen molar-refractivity contribution in [2.75, 3.05) is 24.2 Å². The van der Waals surface area contributed by atoms with Crippen LogP contribution in [0.2, 0.25) is 4.34 Å². The topological polar surface area (TPSA) is 49.8 Å². The van der Waals surface area contributed by atoms with Crippen LogP contribution in [0.5, 0.6) is 0 Å². The summed E-state index contributed by atoms with van der Waals surface area (Å²) in [6.07, 6.45) is 3.37. The van der Waals surface area contributed by atoms with Gasteiger partial charge in [0.05, 0.1) is 4.34 Å². The first-order chi connectivity index (χ1) is 10.2. The predicted molar refractivity (Wildman–Crippen MR) is 89.8 cm³/mol. The molecule has 0 aromatic carbocycles. The van der Waals surface area contributed by atoms with E-state index < -0.39 is 0 Å². The highest BCUT2D eigenvalue weighted by Gasteiger charge is 2.28. The van der Waals surface area contributed by atoms with Crippen LogP contribution in [0.1, 0.15) is 35.0 Å². The second-order valence-corrected chi connectivity index (χ2v) is 7.11. The highest BCUT2D eigenvalue weighted by Crippen LogP contribution is 2.39. The van der Waals surface area contributed by atoms with Crippen molar-refractivity contribution in [1.82, 2.24) is 9.97 Å². The van der Waals surface area contributed by atoms with Gasteiger partial charge in [-0.15, -0.1) is 11.3 Å². The number of nitrogens with one attached hydrogen (secondary N) is 2. The van der Waals surface area contributed by atoms with Gasteiger partial charge in [-0.05, 0) is 38.3 Å². The third-order valence-corrected chi connectivity index (χ3v) is 4.93. The molecule has 2 aromatic rings. The van der Waals surface area contributed by atoms with Gasteiger partial charge >= 0.3 is 0 Å². The number of hydrogen-bond donors (Lipinski definition) is 2. The molecule has 1 saturated carbocycles. The average molecular weight is 323 g/mol. The highest BCUT2D eigenvalue weighted by molar-refractivity contribution is 7.16. The number of hydrogen-bond acceptors (Lipinski definition) is 5. The molecule has 0 aliphatic heterocycles. The minimum atomic E-state index is 0.550. The van der Waals surface area contributed by atoms with Gasteiger partial charge in [-0.1, -0.05) is 11.6 Å². The van der Waals surface area contributed by atoms with E-state index in [-0.39, 0.29) is 0 Å². The Morgan fingerprint density at radius 3 is 2.67 bits per heavy atom. The van der Waals surface area contributed by atoms with Crippen molar-refractivity contribution in [3.63, 3.8) is 0 Å². The molecule has 2 heterocycles. The number of nitrogens with zero attached hydrogens (tertiary/aromatic N) is 2. The lowest BCUT2D eigenvalue weighted by atomic mass is 10.2. The maximum Gasteiger partial charge on any atom is 0.136 e. The van der Waals surface area contributed by atoms with Gasteiger partial charge in [0.2, 0.25) is 0 Å². The van der Waals surface area contributed by atoms with Crippen LogP contribution in [0.25, 0.3) is 0 Å². The van der Waals surface area contributed by atoms with Gasteiger partial charge in [-0.2, -0.15) is 0 Å². The summed E-state index contributed by atoms with van der Waals surface area (Å²) in [6, 6.07) is 4.03. The summed E-state index contributed by atoms with van der Waals surface area (Å²) < 4.78 is 0.844. The molecule has 0 spiro atoms. The third-order valence-electron chi connectivity index (χ3n) is 3.64. The Morgan fingerprint density at radius 1 is 1.29 bits per heavy atom. The van der Waals surface area contributed by atoms with Gasteiger partial charge in [0.25, 0.3) is 0 Å². The van der Waals surface area contributed by atoms with E-state index in [0.717, 1.165) is 40.3 Å². The van der Waals surface area contributed by atoms with Crippen molar-refractivity contribution in [2.45, 2.75) is 32.1 Å². The van der Waals surface area contributed by atoms with E-state index in [9.17, 15) is 0 Å². The molecule has 4 nitrogen and oxygen atoms in total. The first-order valence-electron chi connectivity index (χ1n) is 7.21. The quantitative estimate of drug-likeness (QED) is 0.841. The van der Waals surface area contributed by atoms with Crippen molar-refractivity contribution in [3.8, 4) is 0 Å². The van der Waals surface area contributed by atoms with Gasteiger partial charge in [-0.25, -0.2) is 9.97 Å². The smallest absolute Gasteiger partial charge is 0.136 e. The molecule has 2 aromatic heterocycles. The summed E-state index contributed by atoms with van der Waals surface area (Å²) in [5, 5.41) is 6.60. The second-order valence-electron chi connectivity index (χ2n) is 5.31. The van der Waals surface area contributed by atoms with Gasteiger partial charge in [-0.3, -0.25) is 0 Å². The van der Waals surface area contributed by atoms with Gasteiger partial charge < -0.3 is 10.6 Å². The molecular weight excluding hydrogens is 304 g/mol. The Bertz CT molecular complexity index is 637. The zero-order chi connectivity index (χ0) is 14.8. The van der Waals surface area contributed by atoms with E-state index in [1.807, 2.05) is 20.0 Å². The molecular formula is C15H19ClN4S. The van der Waals surface area contributed by atoms with Crippen LogP contribution in [0.15, 0.2) is 12.1 Å². The molecule has 0 bridgehead atoms. The molecule has 0 atom stereocenters. The minimum Gasteiger partial charge on any atom is -0.373 e. The lowest BCUT2D eigenvalue weighted by Crippen LogP contribution is -2.11.